The molecule has 0 aliphatic heterocycles. The van der Waals surface area contributed by atoms with Crippen molar-refractivity contribution < 1.29 is 14.3 Å². The molecule has 0 aromatic heterocycles. The van der Waals surface area contributed by atoms with E-state index in [2.05, 4.69) is 19.2 Å². The topological polar surface area (TPSA) is 58.6 Å². The van der Waals surface area contributed by atoms with Crippen LogP contribution >= 0.6 is 0 Å². The second-order valence-electron chi connectivity index (χ2n) is 5.53. The van der Waals surface area contributed by atoms with E-state index in [0.29, 0.717) is 0 Å². The Morgan fingerprint density at radius 3 is 2.00 bits per heavy atom. The fourth-order valence-electron chi connectivity index (χ4n) is 2.03. The lowest BCUT2D eigenvalue weighted by atomic mass is 9.99. The second kappa shape index (κ2) is 11.4. The summed E-state index contributed by atoms with van der Waals surface area (Å²) in [5.41, 5.74) is 0. The van der Waals surface area contributed by atoms with Gasteiger partial charge in [0.25, 0.3) is 0 Å². The zero-order valence-corrected chi connectivity index (χ0v) is 14.3. The summed E-state index contributed by atoms with van der Waals surface area (Å²) in [6.45, 7) is 9.62. The molecule has 0 fully saturated rings. The number of carbonyl (C=O) groups is 2. The summed E-state index contributed by atoms with van der Waals surface area (Å²) in [6.07, 6.45) is 4.85. The molecule has 5 nitrogen and oxygen atoms in total. The minimum atomic E-state index is -0.571. The molecule has 2 unspecified atom stereocenters. The number of carbonyl (C=O) groups excluding carboxylic acids is 2. The molecule has 0 radical (unpaired) electrons. The van der Waals surface area contributed by atoms with Crippen molar-refractivity contribution in [2.24, 2.45) is 5.92 Å². The van der Waals surface area contributed by atoms with Crippen LogP contribution in [0.2, 0.25) is 0 Å². The monoisotopic (exact) mass is 300 g/mol. The molecule has 0 aromatic carbocycles. The number of hydrogen-bond donors (Lipinski definition) is 1. The lowest BCUT2D eigenvalue weighted by Gasteiger charge is -2.27. The van der Waals surface area contributed by atoms with Gasteiger partial charge in [-0.05, 0) is 18.8 Å². The molecule has 2 amide bonds. The molecule has 0 bridgehead atoms. The molecular weight excluding hydrogens is 268 g/mol. The van der Waals surface area contributed by atoms with Crippen molar-refractivity contribution in [1.29, 1.82) is 0 Å². The number of rotatable bonds is 10. The van der Waals surface area contributed by atoms with Crippen LogP contribution in [0.4, 0.5) is 4.79 Å². The van der Waals surface area contributed by atoms with Crippen molar-refractivity contribution in [3.63, 3.8) is 0 Å². The molecule has 124 valence electrons. The first-order chi connectivity index (χ1) is 10.0. The van der Waals surface area contributed by atoms with Gasteiger partial charge in [-0.3, -0.25) is 0 Å². The smallest absolute Gasteiger partial charge is 0.328 e. The number of nitrogens with zero attached hydrogens (tertiary/aromatic N) is 1. The van der Waals surface area contributed by atoms with E-state index in [1.807, 2.05) is 18.7 Å². The minimum absolute atomic E-state index is 0.0561. The molecule has 0 rings (SSSR count). The average molecular weight is 300 g/mol. The highest BCUT2D eigenvalue weighted by Crippen LogP contribution is 2.10. The maximum absolute atomic E-state index is 12.4. The summed E-state index contributed by atoms with van der Waals surface area (Å²) < 4.78 is 4.81. The molecule has 21 heavy (non-hydrogen) atoms. The lowest BCUT2D eigenvalue weighted by molar-refractivity contribution is -0.144. The predicted octanol–water partition coefficient (Wildman–Crippen LogP) is 3.19. The Morgan fingerprint density at radius 2 is 1.62 bits per heavy atom. The van der Waals surface area contributed by atoms with Gasteiger partial charge in [-0.1, -0.05) is 47.0 Å². The summed E-state index contributed by atoms with van der Waals surface area (Å²) in [7, 11) is 1.36. The van der Waals surface area contributed by atoms with Crippen molar-refractivity contribution in [3.8, 4) is 0 Å². The van der Waals surface area contributed by atoms with Crippen LogP contribution in [0.5, 0.6) is 0 Å². The molecule has 0 aliphatic rings. The van der Waals surface area contributed by atoms with Crippen LogP contribution in [0, 0.1) is 5.92 Å². The van der Waals surface area contributed by atoms with Gasteiger partial charge in [-0.2, -0.15) is 0 Å². The zero-order valence-electron chi connectivity index (χ0n) is 14.3. The van der Waals surface area contributed by atoms with E-state index in [1.54, 1.807) is 0 Å². The third-order valence-corrected chi connectivity index (χ3v) is 3.80. The number of nitrogens with one attached hydrogen (secondary N) is 1. The standard InChI is InChI=1S/C16H32N2O3/c1-6-9-11-18(12-10-7-2)16(20)17-14(13(4)8-3)15(19)21-5/h13-14H,6-12H2,1-5H3,(H,17,20). The maximum Gasteiger partial charge on any atom is 0.328 e. The Morgan fingerprint density at radius 1 is 1.10 bits per heavy atom. The number of urea groups is 1. The molecule has 5 heteroatoms. The van der Waals surface area contributed by atoms with Gasteiger partial charge in [0.2, 0.25) is 0 Å². The van der Waals surface area contributed by atoms with E-state index < -0.39 is 6.04 Å². The third-order valence-electron chi connectivity index (χ3n) is 3.80. The van der Waals surface area contributed by atoms with Gasteiger partial charge in [0.05, 0.1) is 7.11 Å². The number of hydrogen-bond acceptors (Lipinski definition) is 3. The molecular formula is C16H32N2O3. The number of unbranched alkanes of at least 4 members (excludes halogenated alkanes) is 2. The number of ether oxygens (including phenoxy) is 1. The Hall–Kier alpha value is -1.26. The van der Waals surface area contributed by atoms with Gasteiger partial charge in [-0.15, -0.1) is 0 Å². The van der Waals surface area contributed by atoms with E-state index in [1.165, 1.54) is 7.11 Å². The molecule has 1 N–H and O–H groups in total. The van der Waals surface area contributed by atoms with Crippen LogP contribution < -0.4 is 5.32 Å². The molecule has 2 atom stereocenters. The zero-order chi connectivity index (χ0) is 16.3. The first kappa shape index (κ1) is 19.7. The lowest BCUT2D eigenvalue weighted by Crippen LogP contribution is -2.51. The highest BCUT2D eigenvalue weighted by atomic mass is 16.5. The van der Waals surface area contributed by atoms with Crippen LogP contribution in [0.3, 0.4) is 0 Å². The Bertz CT molecular complexity index is 300. The number of esters is 1. The van der Waals surface area contributed by atoms with Gasteiger partial charge in [0.1, 0.15) is 6.04 Å². The Labute approximate surface area is 129 Å². The molecule has 0 aliphatic carbocycles. The Balaban J connectivity index is 4.75. The van der Waals surface area contributed by atoms with E-state index in [4.69, 9.17) is 4.74 Å². The maximum atomic E-state index is 12.4. The van der Waals surface area contributed by atoms with Crippen molar-refractivity contribution in [3.05, 3.63) is 0 Å². The van der Waals surface area contributed by atoms with Gasteiger partial charge in [-0.25, -0.2) is 9.59 Å². The van der Waals surface area contributed by atoms with Gasteiger partial charge >= 0.3 is 12.0 Å². The summed E-state index contributed by atoms with van der Waals surface area (Å²) in [6, 6.07) is -0.731. The normalized spacial score (nSPS) is 13.4. The number of methoxy groups -OCH3 is 1. The fourth-order valence-corrected chi connectivity index (χ4v) is 2.03. The van der Waals surface area contributed by atoms with Gasteiger partial charge in [0.15, 0.2) is 0 Å². The van der Waals surface area contributed by atoms with Crippen molar-refractivity contribution in [1.82, 2.24) is 10.2 Å². The first-order valence-electron chi connectivity index (χ1n) is 8.14. The molecule has 0 saturated carbocycles. The van der Waals surface area contributed by atoms with E-state index in [-0.39, 0.29) is 17.9 Å². The summed E-state index contributed by atoms with van der Waals surface area (Å²) >= 11 is 0. The first-order valence-corrected chi connectivity index (χ1v) is 8.14. The fraction of sp³-hybridized carbons (Fsp3) is 0.875. The van der Waals surface area contributed by atoms with Crippen molar-refractivity contribution in [2.75, 3.05) is 20.2 Å². The Kier molecular flexibility index (Phi) is 10.7. The van der Waals surface area contributed by atoms with Crippen molar-refractivity contribution in [2.45, 2.75) is 65.8 Å². The summed E-state index contributed by atoms with van der Waals surface area (Å²) in [5, 5.41) is 2.85. The van der Waals surface area contributed by atoms with Gasteiger partial charge in [0, 0.05) is 13.1 Å². The average Bonchev–Trinajstić information content (AvgIpc) is 2.50. The minimum Gasteiger partial charge on any atom is -0.467 e. The molecule has 0 aromatic rings. The quantitative estimate of drug-likeness (QED) is 0.630. The van der Waals surface area contributed by atoms with Crippen LogP contribution in [0.15, 0.2) is 0 Å². The molecule has 0 spiro atoms. The summed E-state index contributed by atoms with van der Waals surface area (Å²) in [5.74, 6) is -0.316. The highest BCUT2D eigenvalue weighted by molar-refractivity contribution is 5.83. The SMILES string of the molecule is CCCCN(CCCC)C(=O)NC(C(=O)OC)C(C)CC. The molecule has 0 saturated heterocycles. The largest absolute Gasteiger partial charge is 0.467 e. The van der Waals surface area contributed by atoms with E-state index in [9.17, 15) is 9.59 Å². The van der Waals surface area contributed by atoms with Crippen LogP contribution in [-0.2, 0) is 9.53 Å². The van der Waals surface area contributed by atoms with Crippen LogP contribution in [-0.4, -0.2) is 43.1 Å². The molecule has 0 heterocycles. The van der Waals surface area contributed by atoms with E-state index in [0.717, 1.165) is 45.2 Å². The second-order valence-corrected chi connectivity index (χ2v) is 5.53. The number of amides is 2. The highest BCUT2D eigenvalue weighted by Gasteiger charge is 2.28. The van der Waals surface area contributed by atoms with Gasteiger partial charge < -0.3 is 15.0 Å². The summed E-state index contributed by atoms with van der Waals surface area (Å²) in [4.78, 5) is 26.1. The van der Waals surface area contributed by atoms with Crippen molar-refractivity contribution >= 4 is 12.0 Å². The third kappa shape index (κ3) is 7.34. The predicted molar refractivity (Wildman–Crippen MR) is 85.2 cm³/mol. The van der Waals surface area contributed by atoms with E-state index >= 15 is 0 Å². The van der Waals surface area contributed by atoms with Crippen LogP contribution in [0.1, 0.15) is 59.8 Å². The van der Waals surface area contributed by atoms with Crippen LogP contribution in [0.25, 0.3) is 0 Å².